The van der Waals surface area contributed by atoms with Gasteiger partial charge in [-0.1, -0.05) is 32.9 Å². The molecule has 1 N–H and O–H groups in total. The maximum absolute atomic E-state index is 13.2. The van der Waals surface area contributed by atoms with Gasteiger partial charge in [-0.2, -0.15) is 0 Å². The second kappa shape index (κ2) is 6.97. The van der Waals surface area contributed by atoms with E-state index in [1.54, 1.807) is 0 Å². The van der Waals surface area contributed by atoms with Crippen molar-refractivity contribution in [1.29, 1.82) is 0 Å². The van der Waals surface area contributed by atoms with Crippen LogP contribution in [0.1, 0.15) is 65.4 Å². The molecule has 2 aliphatic rings. The molecule has 1 aliphatic carbocycles. The van der Waals surface area contributed by atoms with Crippen LogP contribution in [0.15, 0.2) is 24.3 Å². The highest BCUT2D eigenvalue weighted by Crippen LogP contribution is 2.48. The smallest absolute Gasteiger partial charge is 0.233 e. The van der Waals surface area contributed by atoms with Crippen LogP contribution < -0.4 is 4.90 Å². The third-order valence-electron chi connectivity index (χ3n) is 6.27. The lowest BCUT2D eigenvalue weighted by atomic mass is 9.68. The molecule has 1 saturated heterocycles. The van der Waals surface area contributed by atoms with E-state index in [-0.39, 0.29) is 16.7 Å². The van der Waals surface area contributed by atoms with Gasteiger partial charge in [-0.25, -0.2) is 0 Å². The van der Waals surface area contributed by atoms with Gasteiger partial charge in [0.15, 0.2) is 0 Å². The summed E-state index contributed by atoms with van der Waals surface area (Å²) in [5.41, 5.74) is 1.34. The Morgan fingerprint density at radius 3 is 2.23 bits per heavy atom. The van der Waals surface area contributed by atoms with Gasteiger partial charge >= 0.3 is 0 Å². The number of anilines is 1. The Hall–Kier alpha value is -1.39. The molecule has 0 aromatic heterocycles. The molecule has 144 valence electrons. The van der Waals surface area contributed by atoms with Crippen molar-refractivity contribution in [3.8, 4) is 0 Å². The summed E-state index contributed by atoms with van der Waals surface area (Å²) in [5, 5.41) is 10.7. The zero-order chi connectivity index (χ0) is 19.0. The predicted molar refractivity (Wildman–Crippen MR) is 104 cm³/mol. The minimum Gasteiger partial charge on any atom is -0.387 e. The number of hydrogen-bond acceptors (Lipinski definition) is 3. The van der Waals surface area contributed by atoms with Gasteiger partial charge in [0.2, 0.25) is 5.91 Å². The molecule has 1 saturated carbocycles. The lowest BCUT2D eigenvalue weighted by Crippen LogP contribution is -2.45. The van der Waals surface area contributed by atoms with Crippen molar-refractivity contribution in [1.82, 2.24) is 0 Å². The average molecular weight is 360 g/mol. The molecule has 0 atom stereocenters. The number of aliphatic hydroxyl groups is 1. The van der Waals surface area contributed by atoms with Crippen molar-refractivity contribution < 1.29 is 14.6 Å². The van der Waals surface area contributed by atoms with Crippen LogP contribution in [-0.2, 0) is 14.9 Å². The van der Waals surface area contributed by atoms with Gasteiger partial charge in [0.1, 0.15) is 0 Å². The van der Waals surface area contributed by atoms with Crippen molar-refractivity contribution in [3.05, 3.63) is 29.8 Å². The number of rotatable bonds is 4. The quantitative estimate of drug-likeness (QED) is 0.882. The summed E-state index contributed by atoms with van der Waals surface area (Å²) in [6, 6.07) is 8.42. The zero-order valence-electron chi connectivity index (χ0n) is 16.7. The molecular weight excluding hydrogens is 326 g/mol. The first-order valence-electron chi connectivity index (χ1n) is 9.92. The third-order valence-corrected chi connectivity index (χ3v) is 6.27. The Kier molecular flexibility index (Phi) is 5.19. The second-order valence-corrected chi connectivity index (χ2v) is 9.15. The van der Waals surface area contributed by atoms with Gasteiger partial charge in [0, 0.05) is 18.8 Å². The lowest BCUT2D eigenvalue weighted by Gasteiger charge is -2.40. The maximum Gasteiger partial charge on any atom is 0.233 e. The Balaban J connectivity index is 1.69. The van der Waals surface area contributed by atoms with E-state index >= 15 is 0 Å². The summed E-state index contributed by atoms with van der Waals surface area (Å²) in [6.45, 7) is 10.3. The van der Waals surface area contributed by atoms with E-state index in [2.05, 4.69) is 45.0 Å². The fourth-order valence-electron chi connectivity index (χ4n) is 4.30. The molecule has 1 aromatic carbocycles. The number of amides is 1. The van der Waals surface area contributed by atoms with E-state index < -0.39 is 5.60 Å². The van der Waals surface area contributed by atoms with Gasteiger partial charge < -0.3 is 14.7 Å². The Bertz CT molecular complexity index is 636. The molecule has 1 aliphatic heterocycles. The van der Waals surface area contributed by atoms with Crippen LogP contribution in [0.25, 0.3) is 0 Å². The molecule has 1 aromatic rings. The fourth-order valence-corrected chi connectivity index (χ4v) is 4.30. The highest BCUT2D eigenvalue weighted by molar-refractivity contribution is 6.00. The van der Waals surface area contributed by atoms with Gasteiger partial charge in [-0.3, -0.25) is 4.79 Å². The van der Waals surface area contributed by atoms with Gasteiger partial charge in [0.05, 0.1) is 17.6 Å². The first-order chi connectivity index (χ1) is 12.2. The number of nitrogens with zero attached hydrogens (tertiary/aromatic N) is 1. The van der Waals surface area contributed by atoms with E-state index in [4.69, 9.17) is 4.74 Å². The van der Waals surface area contributed by atoms with Crippen LogP contribution in [0.3, 0.4) is 0 Å². The Morgan fingerprint density at radius 1 is 1.08 bits per heavy atom. The van der Waals surface area contributed by atoms with Crippen LogP contribution in [-0.4, -0.2) is 36.4 Å². The third kappa shape index (κ3) is 3.67. The van der Waals surface area contributed by atoms with Crippen LogP contribution in [0, 0.1) is 5.41 Å². The minimum atomic E-state index is -0.761. The normalized spacial score (nSPS) is 29.6. The average Bonchev–Trinajstić information content (AvgIpc) is 2.92. The monoisotopic (exact) mass is 359 g/mol. The lowest BCUT2D eigenvalue weighted by molar-refractivity contribution is -0.133. The van der Waals surface area contributed by atoms with E-state index in [1.807, 2.05) is 11.8 Å². The van der Waals surface area contributed by atoms with Crippen molar-refractivity contribution in [3.63, 3.8) is 0 Å². The molecule has 26 heavy (non-hydrogen) atoms. The summed E-state index contributed by atoms with van der Waals surface area (Å²) in [6.07, 6.45) is 3.70. The first-order valence-corrected chi connectivity index (χ1v) is 9.92. The van der Waals surface area contributed by atoms with Gasteiger partial charge in [0.25, 0.3) is 0 Å². The largest absolute Gasteiger partial charge is 0.387 e. The molecule has 1 amide bonds. The Morgan fingerprint density at radius 2 is 1.69 bits per heavy atom. The summed E-state index contributed by atoms with van der Waals surface area (Å²) >= 11 is 0. The number of carbonyl (C=O) groups is 1. The maximum atomic E-state index is 13.2. The van der Waals surface area contributed by atoms with Crippen LogP contribution >= 0.6 is 0 Å². The van der Waals surface area contributed by atoms with Gasteiger partial charge in [-0.15, -0.1) is 0 Å². The second-order valence-electron chi connectivity index (χ2n) is 9.15. The molecular formula is C22H33NO3. The Labute approximate surface area is 157 Å². The standard InChI is InChI=1S/C22H33NO3/c1-5-26-16-22(25)12-10-21(11-13-22)14-15-23(19(21)24)18-8-6-17(7-9-18)20(2,3)4/h6-9,25H,5,10-16H2,1-4H3. The molecule has 3 rings (SSSR count). The van der Waals surface area contributed by atoms with Crippen molar-refractivity contribution in [2.24, 2.45) is 5.41 Å². The summed E-state index contributed by atoms with van der Waals surface area (Å²) in [7, 11) is 0. The summed E-state index contributed by atoms with van der Waals surface area (Å²) in [5.74, 6) is 0.236. The van der Waals surface area contributed by atoms with E-state index in [0.717, 1.165) is 31.5 Å². The molecule has 1 spiro atoms. The highest BCUT2D eigenvalue weighted by atomic mass is 16.5. The number of benzene rings is 1. The SMILES string of the molecule is CCOCC1(O)CCC2(CCN(c3ccc(C(C)(C)C)cc3)C2=O)CC1. The summed E-state index contributed by atoms with van der Waals surface area (Å²) < 4.78 is 5.44. The van der Waals surface area contributed by atoms with E-state index in [0.29, 0.717) is 26.1 Å². The summed E-state index contributed by atoms with van der Waals surface area (Å²) in [4.78, 5) is 15.1. The highest BCUT2D eigenvalue weighted by Gasteiger charge is 2.51. The van der Waals surface area contributed by atoms with Crippen LogP contribution in [0.2, 0.25) is 0 Å². The van der Waals surface area contributed by atoms with E-state index in [1.165, 1.54) is 5.56 Å². The molecule has 0 bridgehead atoms. The van der Waals surface area contributed by atoms with Crippen LogP contribution in [0.5, 0.6) is 0 Å². The topological polar surface area (TPSA) is 49.8 Å². The van der Waals surface area contributed by atoms with Crippen LogP contribution in [0.4, 0.5) is 5.69 Å². The molecule has 0 unspecified atom stereocenters. The molecule has 4 heteroatoms. The van der Waals surface area contributed by atoms with Crippen molar-refractivity contribution in [2.45, 2.75) is 70.8 Å². The first kappa shape index (κ1) is 19.4. The number of ether oxygens (including phenoxy) is 1. The minimum absolute atomic E-state index is 0.114. The van der Waals surface area contributed by atoms with Gasteiger partial charge in [-0.05, 0) is 62.1 Å². The number of carbonyl (C=O) groups excluding carboxylic acids is 1. The van der Waals surface area contributed by atoms with Crippen molar-refractivity contribution >= 4 is 11.6 Å². The molecule has 0 radical (unpaired) electrons. The van der Waals surface area contributed by atoms with Crippen molar-refractivity contribution in [2.75, 3.05) is 24.7 Å². The molecule has 2 fully saturated rings. The zero-order valence-corrected chi connectivity index (χ0v) is 16.7. The molecule has 4 nitrogen and oxygen atoms in total. The van der Waals surface area contributed by atoms with E-state index in [9.17, 15) is 9.90 Å². The predicted octanol–water partition coefficient (Wildman–Crippen LogP) is 4.05. The number of hydrogen-bond donors (Lipinski definition) is 1. The fraction of sp³-hybridized carbons (Fsp3) is 0.682. The molecule has 1 heterocycles.